The summed E-state index contributed by atoms with van der Waals surface area (Å²) in [6, 6.07) is 15.2. The van der Waals surface area contributed by atoms with Crippen molar-refractivity contribution in [2.45, 2.75) is 26.3 Å². The number of allylic oxidation sites excluding steroid dienone is 1. The Balaban J connectivity index is 0.000000318. The van der Waals surface area contributed by atoms with Crippen molar-refractivity contribution >= 4 is 17.5 Å². The van der Waals surface area contributed by atoms with E-state index in [-0.39, 0.29) is 13.8 Å². The highest BCUT2D eigenvalue weighted by atomic mass is 16.7. The summed E-state index contributed by atoms with van der Waals surface area (Å²) < 4.78 is 10.3. The molecule has 0 atom stereocenters. The zero-order valence-corrected chi connectivity index (χ0v) is 15.2. The molecule has 1 heterocycles. The normalized spacial score (nSPS) is 14.2. The van der Waals surface area contributed by atoms with E-state index in [2.05, 4.69) is 38.2 Å². The van der Waals surface area contributed by atoms with Crippen LogP contribution >= 0.6 is 0 Å². The van der Waals surface area contributed by atoms with Gasteiger partial charge in [-0.05, 0) is 44.5 Å². The summed E-state index contributed by atoms with van der Waals surface area (Å²) in [6.45, 7) is 6.73. The number of fused-ring (bicyclic) bond motifs is 1. The van der Waals surface area contributed by atoms with Gasteiger partial charge < -0.3 is 14.8 Å². The molecule has 1 aliphatic rings. The number of benzene rings is 2. The van der Waals surface area contributed by atoms with Crippen molar-refractivity contribution in [1.82, 2.24) is 0 Å². The van der Waals surface area contributed by atoms with E-state index in [0.29, 0.717) is 0 Å². The van der Waals surface area contributed by atoms with Crippen LogP contribution in [0.15, 0.2) is 54.6 Å². The SMILES string of the molecule is COCOc1ccc2c(c1)C(C)=CC(C)(C)N2.O=Cc1ccccc1.[HH]. The lowest BCUT2D eigenvalue weighted by Crippen LogP contribution is -2.31. The minimum absolute atomic E-state index is 0. The number of rotatable bonds is 4. The van der Waals surface area contributed by atoms with Crippen molar-refractivity contribution in [3.05, 3.63) is 65.7 Å². The van der Waals surface area contributed by atoms with Crippen molar-refractivity contribution in [2.75, 3.05) is 19.2 Å². The summed E-state index contributed by atoms with van der Waals surface area (Å²) in [6.07, 6.45) is 3.06. The third-order valence-electron chi connectivity index (χ3n) is 3.73. The molecule has 0 bridgehead atoms. The fraction of sp³-hybridized carbons (Fsp3) is 0.286. The zero-order chi connectivity index (χ0) is 18.3. The zero-order valence-electron chi connectivity index (χ0n) is 15.2. The first-order valence-corrected chi connectivity index (χ1v) is 8.19. The topological polar surface area (TPSA) is 47.6 Å². The molecule has 0 spiro atoms. The average molecular weight is 341 g/mol. The molecule has 3 rings (SSSR count). The van der Waals surface area contributed by atoms with Gasteiger partial charge in [0.15, 0.2) is 6.79 Å². The molecular formula is C21H27NO3. The summed E-state index contributed by atoms with van der Waals surface area (Å²) in [5.41, 5.74) is 4.35. The predicted molar refractivity (Wildman–Crippen MR) is 104 cm³/mol. The Kier molecular flexibility index (Phi) is 6.37. The molecule has 2 aromatic rings. The van der Waals surface area contributed by atoms with Crippen LogP contribution in [-0.2, 0) is 4.74 Å². The largest absolute Gasteiger partial charge is 0.468 e. The second-order valence-electron chi connectivity index (χ2n) is 6.46. The fourth-order valence-electron chi connectivity index (χ4n) is 2.71. The van der Waals surface area contributed by atoms with Gasteiger partial charge in [0.25, 0.3) is 0 Å². The molecule has 0 radical (unpaired) electrons. The first-order valence-electron chi connectivity index (χ1n) is 8.19. The van der Waals surface area contributed by atoms with Crippen LogP contribution in [0.3, 0.4) is 0 Å². The summed E-state index contributed by atoms with van der Waals surface area (Å²) in [4.78, 5) is 10.0. The van der Waals surface area contributed by atoms with Crippen LogP contribution in [-0.4, -0.2) is 25.7 Å². The number of aldehydes is 1. The van der Waals surface area contributed by atoms with Crippen LogP contribution in [0.5, 0.6) is 5.75 Å². The van der Waals surface area contributed by atoms with E-state index in [1.165, 1.54) is 11.1 Å². The first kappa shape index (κ1) is 18.7. The molecule has 0 saturated heterocycles. The van der Waals surface area contributed by atoms with Gasteiger partial charge in [-0.25, -0.2) is 0 Å². The summed E-state index contributed by atoms with van der Waals surface area (Å²) in [5, 5.41) is 3.49. The second-order valence-corrected chi connectivity index (χ2v) is 6.46. The molecule has 2 aromatic carbocycles. The van der Waals surface area contributed by atoms with Crippen LogP contribution < -0.4 is 10.1 Å². The summed E-state index contributed by atoms with van der Waals surface area (Å²) in [7, 11) is 1.62. The molecule has 0 saturated carbocycles. The molecule has 1 N–H and O–H groups in total. The van der Waals surface area contributed by atoms with Crippen molar-refractivity contribution in [3.8, 4) is 5.75 Å². The van der Waals surface area contributed by atoms with Gasteiger partial charge in [-0.2, -0.15) is 0 Å². The lowest BCUT2D eigenvalue weighted by molar-refractivity contribution is 0.0511. The molecular weight excluding hydrogens is 314 g/mol. The van der Waals surface area contributed by atoms with Gasteiger partial charge in [0.05, 0.1) is 5.54 Å². The maximum Gasteiger partial charge on any atom is 0.188 e. The smallest absolute Gasteiger partial charge is 0.188 e. The standard InChI is InChI=1S/C14H19NO2.C7H6O.H2/c1-10-8-14(2,3)15-13-6-5-11(7-12(10)13)17-9-16-4;8-6-7-4-2-1-3-5-7;/h5-8,15H,9H2,1-4H3;1-6H;1H. The molecule has 4 nitrogen and oxygen atoms in total. The number of anilines is 1. The van der Waals surface area contributed by atoms with Gasteiger partial charge in [0.1, 0.15) is 12.0 Å². The Hall–Kier alpha value is -2.59. The maximum atomic E-state index is 10.0. The number of carbonyl (C=O) groups is 1. The molecule has 134 valence electrons. The number of ether oxygens (including phenoxy) is 2. The Morgan fingerprint density at radius 2 is 1.88 bits per heavy atom. The van der Waals surface area contributed by atoms with Crippen molar-refractivity contribution in [3.63, 3.8) is 0 Å². The van der Waals surface area contributed by atoms with Gasteiger partial charge in [0, 0.05) is 25.4 Å². The van der Waals surface area contributed by atoms with Gasteiger partial charge in [0.2, 0.25) is 0 Å². The lowest BCUT2D eigenvalue weighted by Gasteiger charge is -2.31. The Labute approximate surface area is 151 Å². The quantitative estimate of drug-likeness (QED) is 0.626. The van der Waals surface area contributed by atoms with Gasteiger partial charge >= 0.3 is 0 Å². The van der Waals surface area contributed by atoms with Gasteiger partial charge in [-0.1, -0.05) is 36.4 Å². The molecule has 1 aliphatic heterocycles. The fourth-order valence-corrected chi connectivity index (χ4v) is 2.71. The van der Waals surface area contributed by atoms with Gasteiger partial charge in [-0.3, -0.25) is 4.79 Å². The maximum absolute atomic E-state index is 10.0. The molecule has 0 aliphatic carbocycles. The highest BCUT2D eigenvalue weighted by Crippen LogP contribution is 2.35. The Morgan fingerprint density at radius 1 is 1.16 bits per heavy atom. The van der Waals surface area contributed by atoms with Crippen LogP contribution in [0.25, 0.3) is 5.57 Å². The van der Waals surface area contributed by atoms with E-state index in [4.69, 9.17) is 9.47 Å². The van der Waals surface area contributed by atoms with E-state index in [9.17, 15) is 4.79 Å². The minimum Gasteiger partial charge on any atom is -0.468 e. The molecule has 25 heavy (non-hydrogen) atoms. The Morgan fingerprint density at radius 3 is 2.48 bits per heavy atom. The van der Waals surface area contributed by atoms with Crippen LogP contribution in [0.2, 0.25) is 0 Å². The number of hydrogen-bond acceptors (Lipinski definition) is 4. The third-order valence-corrected chi connectivity index (χ3v) is 3.73. The lowest BCUT2D eigenvalue weighted by atomic mass is 9.91. The average Bonchev–Trinajstić information content (AvgIpc) is 2.60. The number of nitrogens with one attached hydrogen (secondary N) is 1. The van der Waals surface area contributed by atoms with Gasteiger partial charge in [-0.15, -0.1) is 0 Å². The van der Waals surface area contributed by atoms with Crippen molar-refractivity contribution in [2.24, 2.45) is 0 Å². The Bertz CT molecular complexity index is 742. The summed E-state index contributed by atoms with van der Waals surface area (Å²) >= 11 is 0. The van der Waals surface area contributed by atoms with Crippen LogP contribution in [0, 0.1) is 0 Å². The number of carbonyl (C=O) groups excluding carboxylic acids is 1. The van der Waals surface area contributed by atoms with Crippen LogP contribution in [0.1, 0.15) is 38.1 Å². The second kappa shape index (κ2) is 8.49. The van der Waals surface area contributed by atoms with Crippen molar-refractivity contribution < 1.29 is 15.7 Å². The highest BCUT2D eigenvalue weighted by molar-refractivity contribution is 5.80. The van der Waals surface area contributed by atoms with E-state index in [1.807, 2.05) is 30.3 Å². The predicted octanol–water partition coefficient (Wildman–Crippen LogP) is 5.02. The molecule has 0 aromatic heterocycles. The van der Waals surface area contributed by atoms with E-state index in [0.717, 1.165) is 23.3 Å². The number of methoxy groups -OCH3 is 1. The van der Waals surface area contributed by atoms with E-state index >= 15 is 0 Å². The first-order chi connectivity index (χ1) is 11.9. The highest BCUT2D eigenvalue weighted by Gasteiger charge is 2.22. The summed E-state index contributed by atoms with van der Waals surface area (Å²) in [5.74, 6) is 0.833. The molecule has 4 heteroatoms. The van der Waals surface area contributed by atoms with E-state index < -0.39 is 0 Å². The van der Waals surface area contributed by atoms with Crippen molar-refractivity contribution in [1.29, 1.82) is 0 Å². The monoisotopic (exact) mass is 341 g/mol. The molecule has 0 amide bonds. The van der Waals surface area contributed by atoms with E-state index in [1.54, 1.807) is 19.2 Å². The third kappa shape index (κ3) is 5.47. The molecule has 0 fully saturated rings. The molecule has 0 unspecified atom stereocenters. The minimum atomic E-state index is 0. The number of hydrogen-bond donors (Lipinski definition) is 1. The van der Waals surface area contributed by atoms with Crippen LogP contribution in [0.4, 0.5) is 5.69 Å².